The van der Waals surface area contributed by atoms with Gasteiger partial charge in [0.05, 0.1) is 5.41 Å². The molecule has 0 bridgehead atoms. The van der Waals surface area contributed by atoms with Gasteiger partial charge in [-0.05, 0) is 31.5 Å². The minimum Gasteiger partial charge on any atom is -0.418 e. The molecule has 1 N–H and O–H groups in total. The molecular formula is C23H19F5N2O6. The third-order valence-corrected chi connectivity index (χ3v) is 5.36. The molecule has 1 aliphatic heterocycles. The lowest BCUT2D eigenvalue weighted by atomic mass is 9.82. The van der Waals surface area contributed by atoms with Crippen molar-refractivity contribution in [1.29, 1.82) is 0 Å². The molecule has 0 aromatic heterocycles. The minimum atomic E-state index is -2.41. The monoisotopic (exact) mass is 514 g/mol. The van der Waals surface area contributed by atoms with Crippen LogP contribution in [0.15, 0.2) is 24.3 Å². The topological polar surface area (TPSA) is 102 Å². The lowest BCUT2D eigenvalue weighted by Crippen LogP contribution is -2.53. The molecule has 3 amide bonds. The molecular weight excluding hydrogens is 495 g/mol. The first kappa shape index (κ1) is 26.7. The van der Waals surface area contributed by atoms with Gasteiger partial charge in [-0.3, -0.25) is 19.3 Å². The summed E-state index contributed by atoms with van der Waals surface area (Å²) in [5.74, 6) is -16.3. The number of anilines is 1. The van der Waals surface area contributed by atoms with Crippen molar-refractivity contribution in [1.82, 2.24) is 4.90 Å². The van der Waals surface area contributed by atoms with Gasteiger partial charge in [-0.2, -0.15) is 8.78 Å². The van der Waals surface area contributed by atoms with Crippen LogP contribution in [0.4, 0.5) is 27.6 Å². The number of imide groups is 1. The second-order valence-electron chi connectivity index (χ2n) is 8.22. The third-order valence-electron chi connectivity index (χ3n) is 5.36. The molecule has 0 atom stereocenters. The van der Waals surface area contributed by atoms with Crippen molar-refractivity contribution in [3.8, 4) is 5.75 Å². The highest BCUT2D eigenvalue weighted by atomic mass is 19.2. The van der Waals surface area contributed by atoms with Gasteiger partial charge in [0.25, 0.3) is 0 Å². The van der Waals surface area contributed by atoms with Crippen molar-refractivity contribution in [3.05, 3.63) is 58.9 Å². The van der Waals surface area contributed by atoms with Crippen LogP contribution >= 0.6 is 0 Å². The fourth-order valence-corrected chi connectivity index (χ4v) is 3.20. The number of carbonyl (C=O) groups is 4. The summed E-state index contributed by atoms with van der Waals surface area (Å²) in [6.45, 7) is 1.94. The van der Waals surface area contributed by atoms with Gasteiger partial charge in [-0.1, -0.05) is 12.1 Å². The zero-order chi connectivity index (χ0) is 26.8. The van der Waals surface area contributed by atoms with E-state index in [0.29, 0.717) is 24.2 Å². The molecule has 1 heterocycles. The Morgan fingerprint density at radius 3 is 1.97 bits per heavy atom. The largest absolute Gasteiger partial charge is 0.418 e. The van der Waals surface area contributed by atoms with Gasteiger partial charge in [0.1, 0.15) is 13.2 Å². The number of benzene rings is 2. The van der Waals surface area contributed by atoms with E-state index < -0.39 is 65.3 Å². The van der Waals surface area contributed by atoms with E-state index in [-0.39, 0.29) is 11.8 Å². The number of amides is 3. The van der Waals surface area contributed by atoms with Crippen LogP contribution in [0.25, 0.3) is 0 Å². The summed E-state index contributed by atoms with van der Waals surface area (Å²) in [4.78, 5) is 48.9. The van der Waals surface area contributed by atoms with Gasteiger partial charge in [-0.15, -0.1) is 0 Å². The summed E-state index contributed by atoms with van der Waals surface area (Å²) in [6, 6.07) is 6.16. The quantitative estimate of drug-likeness (QED) is 0.145. The lowest BCUT2D eigenvalue weighted by Gasteiger charge is -2.36. The highest BCUT2D eigenvalue weighted by molar-refractivity contribution is 6.03. The molecule has 13 heteroatoms. The van der Waals surface area contributed by atoms with Crippen LogP contribution in [0.5, 0.6) is 5.75 Å². The molecule has 0 saturated carbocycles. The number of hydrogen-bond acceptors (Lipinski definition) is 6. The average Bonchev–Trinajstić information content (AvgIpc) is 2.83. The number of carbonyl (C=O) groups excluding carboxylic acids is 4. The van der Waals surface area contributed by atoms with Crippen LogP contribution in [0.3, 0.4) is 0 Å². The Balaban J connectivity index is 1.50. The summed E-state index contributed by atoms with van der Waals surface area (Å²) in [6.07, 6.45) is 0.323. The van der Waals surface area contributed by atoms with Gasteiger partial charge < -0.3 is 14.8 Å². The van der Waals surface area contributed by atoms with Crippen LogP contribution in [-0.2, 0) is 29.3 Å². The van der Waals surface area contributed by atoms with Crippen LogP contribution in [-0.4, -0.2) is 48.3 Å². The molecule has 2 aromatic rings. The van der Waals surface area contributed by atoms with Gasteiger partial charge >= 0.3 is 5.97 Å². The minimum absolute atomic E-state index is 0.242. The Hall–Kier alpha value is -3.87. The second-order valence-corrected chi connectivity index (χ2v) is 8.22. The summed E-state index contributed by atoms with van der Waals surface area (Å²) in [5.41, 5.74) is -0.0888. The van der Waals surface area contributed by atoms with E-state index in [0.717, 1.165) is 0 Å². The maximum atomic E-state index is 13.5. The maximum absolute atomic E-state index is 13.5. The molecule has 1 fully saturated rings. The number of likely N-dealkylation sites (tertiary alicyclic amines) is 1. The summed E-state index contributed by atoms with van der Waals surface area (Å²) < 4.78 is 75.3. The Kier molecular flexibility index (Phi) is 7.72. The number of esters is 1. The molecule has 1 aliphatic rings. The van der Waals surface area contributed by atoms with E-state index in [1.165, 1.54) is 17.0 Å². The number of nitrogens with one attached hydrogen (secondary N) is 1. The lowest BCUT2D eigenvalue weighted by molar-refractivity contribution is -0.155. The molecule has 2 aromatic carbocycles. The number of halogens is 5. The highest BCUT2D eigenvalue weighted by Gasteiger charge is 2.40. The van der Waals surface area contributed by atoms with Crippen LogP contribution in [0.2, 0.25) is 0 Å². The van der Waals surface area contributed by atoms with E-state index in [9.17, 15) is 41.1 Å². The highest BCUT2D eigenvalue weighted by Crippen LogP contribution is 2.30. The first-order valence-corrected chi connectivity index (χ1v) is 10.4. The number of ether oxygens (including phenoxy) is 2. The fraction of sp³-hybridized carbons (Fsp3) is 0.304. The van der Waals surface area contributed by atoms with E-state index in [4.69, 9.17) is 4.74 Å². The van der Waals surface area contributed by atoms with Crippen LogP contribution in [0, 0.1) is 29.1 Å². The van der Waals surface area contributed by atoms with Gasteiger partial charge in [-0.25, -0.2) is 18.0 Å². The van der Waals surface area contributed by atoms with Crippen LogP contribution in [0.1, 0.15) is 25.8 Å². The molecule has 1 saturated heterocycles. The zero-order valence-electron chi connectivity index (χ0n) is 18.9. The molecule has 3 rings (SSSR count). The normalized spacial score (nSPS) is 13.3. The molecule has 0 radical (unpaired) electrons. The molecule has 192 valence electrons. The number of hydrogen-bond donors (Lipinski definition) is 1. The van der Waals surface area contributed by atoms with E-state index in [2.05, 4.69) is 10.1 Å². The summed E-state index contributed by atoms with van der Waals surface area (Å²) in [5, 5.41) is 2.44. The molecule has 0 unspecified atom stereocenters. The SMILES string of the molecule is CC(C)(C(=O)N1CCC1=O)c1ccc(NC(=O)COCC(=O)Oc2c(F)c(F)c(F)c(F)c2F)cc1. The van der Waals surface area contributed by atoms with E-state index in [1.807, 2.05) is 0 Å². The Morgan fingerprint density at radius 2 is 1.47 bits per heavy atom. The van der Waals surface area contributed by atoms with E-state index >= 15 is 0 Å². The van der Waals surface area contributed by atoms with Gasteiger partial charge in [0, 0.05) is 18.7 Å². The van der Waals surface area contributed by atoms with Crippen molar-refractivity contribution in [2.24, 2.45) is 0 Å². The smallest absolute Gasteiger partial charge is 0.337 e. The van der Waals surface area contributed by atoms with Crippen molar-refractivity contribution in [2.45, 2.75) is 25.7 Å². The molecule has 8 nitrogen and oxygen atoms in total. The first-order valence-electron chi connectivity index (χ1n) is 10.4. The standard InChI is InChI=1S/C23H19F5N2O6/c1-23(2,22(34)30-8-7-14(30)32)11-3-5-12(6-4-11)29-13(31)9-35-10-15(33)36-21-19(27)17(25)16(24)18(26)20(21)28/h3-6H,7-10H2,1-2H3,(H,29,31). The van der Waals surface area contributed by atoms with Gasteiger partial charge in [0.2, 0.25) is 52.6 Å². The molecule has 36 heavy (non-hydrogen) atoms. The van der Waals surface area contributed by atoms with Crippen molar-refractivity contribution >= 4 is 29.4 Å². The summed E-state index contributed by atoms with van der Waals surface area (Å²) >= 11 is 0. The summed E-state index contributed by atoms with van der Waals surface area (Å²) in [7, 11) is 0. The Labute approximate surface area is 201 Å². The first-order chi connectivity index (χ1) is 16.8. The zero-order valence-corrected chi connectivity index (χ0v) is 18.9. The molecule has 0 aliphatic carbocycles. The number of β-lactam (4-membered cyclic amide) rings is 1. The Bertz CT molecular complexity index is 1200. The predicted molar refractivity (Wildman–Crippen MR) is 112 cm³/mol. The average molecular weight is 514 g/mol. The third kappa shape index (κ3) is 5.35. The van der Waals surface area contributed by atoms with Gasteiger partial charge in [0.15, 0.2) is 0 Å². The maximum Gasteiger partial charge on any atom is 0.337 e. The molecule has 0 spiro atoms. The fourth-order valence-electron chi connectivity index (χ4n) is 3.20. The van der Waals surface area contributed by atoms with E-state index in [1.54, 1.807) is 26.0 Å². The van der Waals surface area contributed by atoms with Crippen LogP contribution < -0.4 is 10.1 Å². The number of rotatable bonds is 8. The Morgan fingerprint density at radius 1 is 0.917 bits per heavy atom. The van der Waals surface area contributed by atoms with Crippen molar-refractivity contribution in [3.63, 3.8) is 0 Å². The number of nitrogens with zero attached hydrogens (tertiary/aromatic N) is 1. The predicted octanol–water partition coefficient (Wildman–Crippen LogP) is 2.98. The second kappa shape index (κ2) is 10.4. The van der Waals surface area contributed by atoms with Crippen molar-refractivity contribution in [2.75, 3.05) is 25.1 Å². The van der Waals surface area contributed by atoms with Crippen molar-refractivity contribution < 1.29 is 50.6 Å².